The molecule has 1 aromatic carbocycles. The fraction of sp³-hybridized carbons (Fsp3) is 0.353. The zero-order valence-corrected chi connectivity index (χ0v) is 12.5. The molecular weight excluding hydrogens is 246 g/mol. The van der Waals surface area contributed by atoms with Crippen molar-refractivity contribution in [3.05, 3.63) is 59.3 Å². The number of pyridine rings is 1. The van der Waals surface area contributed by atoms with E-state index >= 15 is 0 Å². The van der Waals surface area contributed by atoms with Crippen molar-refractivity contribution >= 4 is 5.82 Å². The Morgan fingerprint density at radius 3 is 2.55 bits per heavy atom. The minimum Gasteiger partial charge on any atom is -0.355 e. The number of nitrogens with two attached hydrogens (primary N) is 1. The largest absolute Gasteiger partial charge is 0.355 e. The third-order valence-corrected chi connectivity index (χ3v) is 3.31. The van der Waals surface area contributed by atoms with Crippen molar-refractivity contribution in [3.8, 4) is 0 Å². The topological polar surface area (TPSA) is 42.2 Å². The quantitative estimate of drug-likeness (QED) is 0.907. The van der Waals surface area contributed by atoms with Crippen LogP contribution in [0, 0.1) is 6.92 Å². The molecule has 1 unspecified atom stereocenters. The molecule has 0 aliphatic rings. The molecule has 1 aromatic heterocycles. The van der Waals surface area contributed by atoms with Gasteiger partial charge in [-0.3, -0.25) is 0 Å². The summed E-state index contributed by atoms with van der Waals surface area (Å²) in [4.78, 5) is 6.70. The Morgan fingerprint density at radius 2 is 1.90 bits per heavy atom. The van der Waals surface area contributed by atoms with Crippen molar-refractivity contribution < 1.29 is 0 Å². The number of rotatable bonds is 5. The third kappa shape index (κ3) is 3.81. The van der Waals surface area contributed by atoms with Crippen LogP contribution in [0.4, 0.5) is 5.82 Å². The molecule has 0 saturated heterocycles. The van der Waals surface area contributed by atoms with Crippen LogP contribution >= 0.6 is 0 Å². The highest BCUT2D eigenvalue weighted by Crippen LogP contribution is 2.19. The number of aryl methyl sites for hydroxylation is 1. The first-order valence-corrected chi connectivity index (χ1v) is 7.02. The van der Waals surface area contributed by atoms with E-state index < -0.39 is 0 Å². The van der Waals surface area contributed by atoms with Gasteiger partial charge in [-0.2, -0.15) is 0 Å². The van der Waals surface area contributed by atoms with Gasteiger partial charge in [0.1, 0.15) is 5.82 Å². The van der Waals surface area contributed by atoms with Crippen molar-refractivity contribution in [3.63, 3.8) is 0 Å². The molecule has 1 heterocycles. The Kier molecular flexibility index (Phi) is 4.74. The number of hydrogen-bond acceptors (Lipinski definition) is 3. The average molecular weight is 269 g/mol. The van der Waals surface area contributed by atoms with Gasteiger partial charge in [0, 0.05) is 25.8 Å². The van der Waals surface area contributed by atoms with Crippen LogP contribution in [-0.4, -0.2) is 18.1 Å². The SMILES string of the molecule is Cc1ccc(CN(C)c2ncccc2CC(C)N)cc1. The van der Waals surface area contributed by atoms with E-state index in [1.807, 2.05) is 19.2 Å². The van der Waals surface area contributed by atoms with Gasteiger partial charge in [-0.05, 0) is 37.5 Å². The molecule has 0 radical (unpaired) electrons. The van der Waals surface area contributed by atoms with Gasteiger partial charge in [0.25, 0.3) is 0 Å². The highest BCUT2D eigenvalue weighted by Gasteiger charge is 2.10. The number of nitrogens with zero attached hydrogens (tertiary/aromatic N) is 2. The van der Waals surface area contributed by atoms with Crippen LogP contribution in [0.1, 0.15) is 23.6 Å². The Bertz CT molecular complexity index is 546. The van der Waals surface area contributed by atoms with E-state index in [1.165, 1.54) is 16.7 Å². The number of benzene rings is 1. The summed E-state index contributed by atoms with van der Waals surface area (Å²) in [6.45, 7) is 4.98. The Hall–Kier alpha value is -1.87. The van der Waals surface area contributed by atoms with Gasteiger partial charge in [-0.1, -0.05) is 35.9 Å². The van der Waals surface area contributed by atoms with Crippen LogP contribution in [0.15, 0.2) is 42.6 Å². The summed E-state index contributed by atoms with van der Waals surface area (Å²) in [5.41, 5.74) is 9.69. The summed E-state index contributed by atoms with van der Waals surface area (Å²) in [6, 6.07) is 12.8. The van der Waals surface area contributed by atoms with Crippen LogP contribution < -0.4 is 10.6 Å². The van der Waals surface area contributed by atoms with E-state index in [9.17, 15) is 0 Å². The molecule has 3 heteroatoms. The molecule has 1 atom stereocenters. The maximum atomic E-state index is 5.92. The molecule has 0 spiro atoms. The van der Waals surface area contributed by atoms with Gasteiger partial charge >= 0.3 is 0 Å². The van der Waals surface area contributed by atoms with Gasteiger partial charge in [0.15, 0.2) is 0 Å². The molecule has 2 aromatic rings. The van der Waals surface area contributed by atoms with Crippen LogP contribution in [0.25, 0.3) is 0 Å². The first-order valence-electron chi connectivity index (χ1n) is 7.02. The predicted octanol–water partition coefficient (Wildman–Crippen LogP) is 2.92. The second kappa shape index (κ2) is 6.53. The normalized spacial score (nSPS) is 12.2. The van der Waals surface area contributed by atoms with Crippen LogP contribution in [0.3, 0.4) is 0 Å². The number of anilines is 1. The molecular formula is C17H23N3. The molecule has 0 bridgehead atoms. The Morgan fingerprint density at radius 1 is 1.20 bits per heavy atom. The second-order valence-electron chi connectivity index (χ2n) is 5.51. The van der Waals surface area contributed by atoms with E-state index in [4.69, 9.17) is 5.73 Å². The molecule has 2 N–H and O–H groups in total. The first-order chi connectivity index (χ1) is 9.56. The summed E-state index contributed by atoms with van der Waals surface area (Å²) in [5.74, 6) is 1.02. The lowest BCUT2D eigenvalue weighted by Crippen LogP contribution is -2.23. The average Bonchev–Trinajstić information content (AvgIpc) is 2.41. The van der Waals surface area contributed by atoms with Crippen LogP contribution in [0.5, 0.6) is 0 Å². The van der Waals surface area contributed by atoms with Crippen molar-refractivity contribution in [1.82, 2.24) is 4.98 Å². The maximum absolute atomic E-state index is 5.92. The lowest BCUT2D eigenvalue weighted by atomic mass is 10.1. The fourth-order valence-electron chi connectivity index (χ4n) is 2.32. The minimum atomic E-state index is 0.144. The summed E-state index contributed by atoms with van der Waals surface area (Å²) >= 11 is 0. The molecule has 0 saturated carbocycles. The monoisotopic (exact) mass is 269 g/mol. The van der Waals surface area contributed by atoms with Crippen LogP contribution in [0.2, 0.25) is 0 Å². The molecule has 106 valence electrons. The van der Waals surface area contributed by atoms with Crippen molar-refractivity contribution in [2.24, 2.45) is 5.73 Å². The summed E-state index contributed by atoms with van der Waals surface area (Å²) in [6.07, 6.45) is 2.69. The van der Waals surface area contributed by atoms with E-state index in [2.05, 4.69) is 54.2 Å². The molecule has 0 aliphatic heterocycles. The van der Waals surface area contributed by atoms with Gasteiger partial charge < -0.3 is 10.6 Å². The highest BCUT2D eigenvalue weighted by atomic mass is 15.2. The summed E-state index contributed by atoms with van der Waals surface area (Å²) in [7, 11) is 2.08. The molecule has 3 nitrogen and oxygen atoms in total. The Labute approximate surface area is 121 Å². The lowest BCUT2D eigenvalue weighted by molar-refractivity contribution is 0.730. The first kappa shape index (κ1) is 14.5. The molecule has 0 aliphatic carbocycles. The van der Waals surface area contributed by atoms with E-state index in [0.717, 1.165) is 18.8 Å². The Balaban J connectivity index is 2.16. The second-order valence-corrected chi connectivity index (χ2v) is 5.51. The molecule has 20 heavy (non-hydrogen) atoms. The van der Waals surface area contributed by atoms with E-state index in [0.29, 0.717) is 0 Å². The lowest BCUT2D eigenvalue weighted by Gasteiger charge is -2.22. The van der Waals surface area contributed by atoms with Gasteiger partial charge in [-0.15, -0.1) is 0 Å². The molecule has 0 fully saturated rings. The fourth-order valence-corrected chi connectivity index (χ4v) is 2.32. The van der Waals surface area contributed by atoms with E-state index in [-0.39, 0.29) is 6.04 Å². The maximum Gasteiger partial charge on any atom is 0.131 e. The van der Waals surface area contributed by atoms with Crippen molar-refractivity contribution in [2.45, 2.75) is 32.9 Å². The summed E-state index contributed by atoms with van der Waals surface area (Å²) in [5, 5.41) is 0. The molecule has 2 rings (SSSR count). The number of hydrogen-bond donors (Lipinski definition) is 1. The van der Waals surface area contributed by atoms with Crippen LogP contribution in [-0.2, 0) is 13.0 Å². The highest BCUT2D eigenvalue weighted by molar-refractivity contribution is 5.47. The number of aromatic nitrogens is 1. The van der Waals surface area contributed by atoms with Crippen molar-refractivity contribution in [2.75, 3.05) is 11.9 Å². The van der Waals surface area contributed by atoms with Crippen molar-refractivity contribution in [1.29, 1.82) is 0 Å². The minimum absolute atomic E-state index is 0.144. The van der Waals surface area contributed by atoms with Gasteiger partial charge in [-0.25, -0.2) is 4.98 Å². The summed E-state index contributed by atoms with van der Waals surface area (Å²) < 4.78 is 0. The van der Waals surface area contributed by atoms with E-state index in [1.54, 1.807) is 0 Å². The van der Waals surface area contributed by atoms with Gasteiger partial charge in [0.05, 0.1) is 0 Å². The zero-order chi connectivity index (χ0) is 14.5. The predicted molar refractivity (Wildman–Crippen MR) is 84.9 cm³/mol. The smallest absolute Gasteiger partial charge is 0.131 e. The zero-order valence-electron chi connectivity index (χ0n) is 12.5. The third-order valence-electron chi connectivity index (χ3n) is 3.31. The standard InChI is InChI=1S/C17H23N3/c1-13-6-8-15(9-7-13)12-20(3)17-16(11-14(2)18)5-4-10-19-17/h4-10,14H,11-12,18H2,1-3H3. The van der Waals surface area contributed by atoms with Gasteiger partial charge in [0.2, 0.25) is 0 Å². The molecule has 0 amide bonds.